The number of rotatable bonds is 3. The number of amides is 1. The standard InChI is InChI=1S/C14H13BrCl2N2O/c1-18-8-10(15)6-13(18)14(20)19(2)7-9-3-4-11(16)12(17)5-9/h3-6,8H,7H2,1-2H3. The molecule has 0 bridgehead atoms. The van der Waals surface area contributed by atoms with Crippen LogP contribution in [0.25, 0.3) is 0 Å². The van der Waals surface area contributed by atoms with Crippen molar-refractivity contribution in [1.29, 1.82) is 0 Å². The topological polar surface area (TPSA) is 25.2 Å². The summed E-state index contributed by atoms with van der Waals surface area (Å²) in [5.74, 6) is -0.0516. The Kier molecular flexibility index (Phi) is 4.78. The summed E-state index contributed by atoms with van der Waals surface area (Å²) in [4.78, 5) is 14.0. The maximum atomic E-state index is 12.4. The van der Waals surface area contributed by atoms with Gasteiger partial charge in [0, 0.05) is 31.3 Å². The molecule has 0 unspecified atom stereocenters. The minimum atomic E-state index is -0.0516. The Morgan fingerprint density at radius 1 is 1.30 bits per heavy atom. The molecule has 0 saturated heterocycles. The summed E-state index contributed by atoms with van der Waals surface area (Å²) in [6.07, 6.45) is 1.85. The van der Waals surface area contributed by atoms with E-state index in [4.69, 9.17) is 23.2 Å². The van der Waals surface area contributed by atoms with E-state index in [-0.39, 0.29) is 5.91 Å². The first-order chi connectivity index (χ1) is 9.38. The lowest BCUT2D eigenvalue weighted by Gasteiger charge is -2.18. The molecule has 20 heavy (non-hydrogen) atoms. The van der Waals surface area contributed by atoms with E-state index < -0.39 is 0 Å². The van der Waals surface area contributed by atoms with Gasteiger partial charge in [-0.05, 0) is 39.7 Å². The van der Waals surface area contributed by atoms with E-state index >= 15 is 0 Å². The second-order valence-corrected chi connectivity index (χ2v) is 6.29. The molecule has 0 N–H and O–H groups in total. The quantitative estimate of drug-likeness (QED) is 0.781. The third kappa shape index (κ3) is 3.37. The molecule has 0 spiro atoms. The molecule has 0 atom stereocenters. The van der Waals surface area contributed by atoms with Gasteiger partial charge in [0.1, 0.15) is 5.69 Å². The molecule has 1 aromatic carbocycles. The van der Waals surface area contributed by atoms with Crippen LogP contribution in [0.4, 0.5) is 0 Å². The van der Waals surface area contributed by atoms with Crippen LogP contribution in [0.3, 0.4) is 0 Å². The summed E-state index contributed by atoms with van der Waals surface area (Å²) in [5.41, 5.74) is 1.56. The van der Waals surface area contributed by atoms with Crippen molar-refractivity contribution in [2.45, 2.75) is 6.54 Å². The molecule has 106 valence electrons. The third-order valence-electron chi connectivity index (χ3n) is 2.94. The fourth-order valence-electron chi connectivity index (χ4n) is 1.92. The van der Waals surface area contributed by atoms with Gasteiger partial charge in [0.25, 0.3) is 5.91 Å². The number of nitrogens with zero attached hydrogens (tertiary/aromatic N) is 2. The van der Waals surface area contributed by atoms with Crippen molar-refractivity contribution in [1.82, 2.24) is 9.47 Å². The SMILES string of the molecule is CN(Cc1ccc(Cl)c(Cl)c1)C(=O)c1cc(Br)cn1C. The Morgan fingerprint density at radius 2 is 2.00 bits per heavy atom. The molecular weight excluding hydrogens is 363 g/mol. The second-order valence-electron chi connectivity index (χ2n) is 4.56. The van der Waals surface area contributed by atoms with Crippen LogP contribution in [0.5, 0.6) is 0 Å². The van der Waals surface area contributed by atoms with Crippen molar-refractivity contribution in [3.05, 3.63) is 56.2 Å². The predicted molar refractivity (Wildman–Crippen MR) is 85.4 cm³/mol. The Labute approximate surface area is 136 Å². The normalized spacial score (nSPS) is 10.7. The smallest absolute Gasteiger partial charge is 0.270 e. The number of aryl methyl sites for hydroxylation is 1. The lowest BCUT2D eigenvalue weighted by atomic mass is 10.2. The van der Waals surface area contributed by atoms with Gasteiger partial charge in [0.05, 0.1) is 10.0 Å². The van der Waals surface area contributed by atoms with Gasteiger partial charge in [-0.25, -0.2) is 0 Å². The van der Waals surface area contributed by atoms with E-state index in [0.29, 0.717) is 22.3 Å². The van der Waals surface area contributed by atoms with Crippen LogP contribution >= 0.6 is 39.1 Å². The van der Waals surface area contributed by atoms with Crippen molar-refractivity contribution in [3.63, 3.8) is 0 Å². The molecule has 0 aliphatic heterocycles. The molecule has 6 heteroatoms. The van der Waals surface area contributed by atoms with Crippen LogP contribution in [0.1, 0.15) is 16.1 Å². The molecule has 0 fully saturated rings. The zero-order chi connectivity index (χ0) is 14.9. The number of carbonyl (C=O) groups is 1. The van der Waals surface area contributed by atoms with Gasteiger partial charge >= 0.3 is 0 Å². The number of aromatic nitrogens is 1. The Morgan fingerprint density at radius 3 is 2.55 bits per heavy atom. The highest BCUT2D eigenvalue weighted by molar-refractivity contribution is 9.10. The average molecular weight is 376 g/mol. The van der Waals surface area contributed by atoms with Crippen LogP contribution < -0.4 is 0 Å². The summed E-state index contributed by atoms with van der Waals surface area (Å²) >= 11 is 15.2. The van der Waals surface area contributed by atoms with Gasteiger partial charge in [-0.2, -0.15) is 0 Å². The van der Waals surface area contributed by atoms with Crippen LogP contribution in [0, 0.1) is 0 Å². The van der Waals surface area contributed by atoms with Gasteiger partial charge in [-0.1, -0.05) is 29.3 Å². The zero-order valence-corrected chi connectivity index (χ0v) is 14.1. The van der Waals surface area contributed by atoms with Crippen molar-refractivity contribution in [2.75, 3.05) is 7.05 Å². The first-order valence-corrected chi connectivity index (χ1v) is 7.44. The molecule has 1 heterocycles. The summed E-state index contributed by atoms with van der Waals surface area (Å²) in [5, 5.41) is 1.00. The molecule has 0 aliphatic carbocycles. The van der Waals surface area contributed by atoms with Crippen LogP contribution in [-0.4, -0.2) is 22.4 Å². The largest absolute Gasteiger partial charge is 0.345 e. The van der Waals surface area contributed by atoms with E-state index in [2.05, 4.69) is 15.9 Å². The Bertz CT molecular complexity index is 655. The molecular formula is C14H13BrCl2N2O. The monoisotopic (exact) mass is 374 g/mol. The summed E-state index contributed by atoms with van der Waals surface area (Å²) in [7, 11) is 3.59. The first-order valence-electron chi connectivity index (χ1n) is 5.89. The lowest BCUT2D eigenvalue weighted by Crippen LogP contribution is -2.27. The fraction of sp³-hybridized carbons (Fsp3) is 0.214. The first kappa shape index (κ1) is 15.4. The molecule has 1 amide bonds. The minimum Gasteiger partial charge on any atom is -0.345 e. The number of benzene rings is 1. The summed E-state index contributed by atoms with van der Waals surface area (Å²) in [6, 6.07) is 7.16. The molecule has 1 aromatic heterocycles. The number of halogens is 3. The maximum absolute atomic E-state index is 12.4. The second kappa shape index (κ2) is 6.20. The zero-order valence-electron chi connectivity index (χ0n) is 11.0. The minimum absolute atomic E-state index is 0.0516. The van der Waals surface area contributed by atoms with E-state index in [1.807, 2.05) is 19.3 Å². The van der Waals surface area contributed by atoms with Crippen molar-refractivity contribution in [3.8, 4) is 0 Å². The molecule has 2 aromatic rings. The van der Waals surface area contributed by atoms with Crippen molar-refractivity contribution in [2.24, 2.45) is 7.05 Å². The molecule has 0 saturated carbocycles. The van der Waals surface area contributed by atoms with Gasteiger partial charge in [-0.3, -0.25) is 4.79 Å². The molecule has 0 aliphatic rings. The lowest BCUT2D eigenvalue weighted by molar-refractivity contribution is 0.0775. The van der Waals surface area contributed by atoms with Crippen molar-refractivity contribution < 1.29 is 4.79 Å². The van der Waals surface area contributed by atoms with E-state index in [0.717, 1.165) is 10.0 Å². The highest BCUT2D eigenvalue weighted by Gasteiger charge is 2.16. The Hall–Kier alpha value is -0.970. The highest BCUT2D eigenvalue weighted by Crippen LogP contribution is 2.23. The number of hydrogen-bond donors (Lipinski definition) is 0. The summed E-state index contributed by atoms with van der Waals surface area (Å²) < 4.78 is 2.67. The highest BCUT2D eigenvalue weighted by atomic mass is 79.9. The number of carbonyl (C=O) groups excluding carboxylic acids is 1. The summed E-state index contributed by atoms with van der Waals surface area (Å²) in [6.45, 7) is 0.471. The van der Waals surface area contributed by atoms with Gasteiger partial charge in [0.2, 0.25) is 0 Å². The number of hydrogen-bond acceptors (Lipinski definition) is 1. The molecule has 2 rings (SSSR count). The van der Waals surface area contributed by atoms with Crippen LogP contribution in [0.15, 0.2) is 34.9 Å². The van der Waals surface area contributed by atoms with Crippen LogP contribution in [-0.2, 0) is 13.6 Å². The Balaban J connectivity index is 2.15. The molecule has 0 radical (unpaired) electrons. The van der Waals surface area contributed by atoms with Crippen LogP contribution in [0.2, 0.25) is 10.0 Å². The van der Waals surface area contributed by atoms with Gasteiger partial charge in [-0.15, -0.1) is 0 Å². The van der Waals surface area contributed by atoms with Gasteiger partial charge < -0.3 is 9.47 Å². The third-order valence-corrected chi connectivity index (χ3v) is 4.11. The van der Waals surface area contributed by atoms with Crippen molar-refractivity contribution >= 4 is 45.0 Å². The van der Waals surface area contributed by atoms with E-state index in [1.165, 1.54) is 0 Å². The fourth-order valence-corrected chi connectivity index (χ4v) is 2.76. The molecule has 3 nitrogen and oxygen atoms in total. The van der Waals surface area contributed by atoms with E-state index in [1.54, 1.807) is 34.7 Å². The predicted octanol–water partition coefficient (Wildman–Crippen LogP) is 4.37. The van der Waals surface area contributed by atoms with Gasteiger partial charge in [0.15, 0.2) is 0 Å². The average Bonchev–Trinajstić information content (AvgIpc) is 2.72. The maximum Gasteiger partial charge on any atom is 0.270 e. The van der Waals surface area contributed by atoms with E-state index in [9.17, 15) is 4.79 Å².